The van der Waals surface area contributed by atoms with Gasteiger partial charge in [0, 0.05) is 38.4 Å². The number of alkyl carbamates (subject to hydrolysis) is 1. The molecule has 0 unspecified atom stereocenters. The second-order valence-electron chi connectivity index (χ2n) is 14.5. The Morgan fingerprint density at radius 2 is 1.74 bits per heavy atom. The van der Waals surface area contributed by atoms with Gasteiger partial charge in [-0.2, -0.15) is 0 Å². The standard InChI is InChI=1S/C39H55N3O8/c43-35(34(23-27-6-2-1-3-7-27)40-39(46)50-32-14-18-48-26-32)25-30(38(45)41-37-33-9-5-4-8-29(33)24-36(37)44)22-28-10-12-31(13-11-28)49-21-17-42-15-19-47-20-16-42/h4-5,8-13,27,30,32,34-37,43-44H,1-3,6-7,14-26H2,(H,40,46)(H,41,45)/t30-,32+,34+,35+,36-,37+/m1/s1. The minimum absolute atomic E-state index is 0.137. The summed E-state index contributed by atoms with van der Waals surface area (Å²) >= 11 is 0. The summed E-state index contributed by atoms with van der Waals surface area (Å²) in [5.74, 6) is 0.286. The van der Waals surface area contributed by atoms with Crippen LogP contribution in [0, 0.1) is 11.8 Å². The molecular formula is C39H55N3O8. The predicted molar refractivity (Wildman–Crippen MR) is 188 cm³/mol. The van der Waals surface area contributed by atoms with Crippen LogP contribution in [0.2, 0.25) is 0 Å². The fraction of sp³-hybridized carbons (Fsp3) is 0.641. The number of hydrogen-bond donors (Lipinski definition) is 4. The molecule has 2 aromatic carbocycles. The summed E-state index contributed by atoms with van der Waals surface area (Å²) < 4.78 is 22.4. The van der Waals surface area contributed by atoms with E-state index in [0.717, 1.165) is 81.0 Å². The lowest BCUT2D eigenvalue weighted by Gasteiger charge is -2.32. The molecule has 4 N–H and O–H groups in total. The third-order valence-corrected chi connectivity index (χ3v) is 10.8. The zero-order valence-electron chi connectivity index (χ0n) is 29.2. The highest BCUT2D eigenvalue weighted by molar-refractivity contribution is 5.80. The fourth-order valence-corrected chi connectivity index (χ4v) is 7.92. The summed E-state index contributed by atoms with van der Waals surface area (Å²) in [5, 5.41) is 28.8. The zero-order valence-corrected chi connectivity index (χ0v) is 29.2. The first-order valence-electron chi connectivity index (χ1n) is 18.7. The van der Waals surface area contributed by atoms with Gasteiger partial charge in [0.15, 0.2) is 0 Å². The Morgan fingerprint density at radius 3 is 2.50 bits per heavy atom. The maximum atomic E-state index is 14.1. The zero-order chi connectivity index (χ0) is 34.7. The molecule has 3 fully saturated rings. The van der Waals surface area contributed by atoms with Gasteiger partial charge in [-0.15, -0.1) is 0 Å². The van der Waals surface area contributed by atoms with Crippen LogP contribution in [0.25, 0.3) is 0 Å². The molecule has 2 aromatic rings. The van der Waals surface area contributed by atoms with Gasteiger partial charge in [-0.3, -0.25) is 9.69 Å². The number of carbonyl (C=O) groups is 2. The average molecular weight is 694 g/mol. The number of fused-ring (bicyclic) bond motifs is 1. The average Bonchev–Trinajstić information content (AvgIpc) is 3.76. The molecular weight excluding hydrogens is 638 g/mol. The second kappa shape index (κ2) is 18.3. The molecule has 0 bridgehead atoms. The molecule has 274 valence electrons. The summed E-state index contributed by atoms with van der Waals surface area (Å²) in [6.07, 6.45) is 5.29. The van der Waals surface area contributed by atoms with E-state index < -0.39 is 36.3 Å². The minimum Gasteiger partial charge on any atom is -0.492 e. The number of benzene rings is 2. The number of morpholine rings is 1. The van der Waals surface area contributed by atoms with Crippen molar-refractivity contribution >= 4 is 12.0 Å². The Kier molecular flexibility index (Phi) is 13.4. The number of aliphatic hydroxyl groups is 2. The molecule has 0 radical (unpaired) electrons. The van der Waals surface area contributed by atoms with Gasteiger partial charge in [-0.25, -0.2) is 4.79 Å². The first-order chi connectivity index (χ1) is 24.4. The van der Waals surface area contributed by atoms with E-state index in [1.54, 1.807) is 0 Å². The molecule has 11 nitrogen and oxygen atoms in total. The van der Waals surface area contributed by atoms with Gasteiger partial charge in [0.25, 0.3) is 0 Å². The topological polar surface area (TPSA) is 139 Å². The smallest absolute Gasteiger partial charge is 0.407 e. The second-order valence-corrected chi connectivity index (χ2v) is 14.5. The van der Waals surface area contributed by atoms with Crippen LogP contribution in [-0.4, -0.2) is 104 Å². The van der Waals surface area contributed by atoms with Crippen LogP contribution in [0.5, 0.6) is 5.75 Å². The molecule has 50 heavy (non-hydrogen) atoms. The van der Waals surface area contributed by atoms with Crippen molar-refractivity contribution in [3.05, 3.63) is 65.2 Å². The van der Waals surface area contributed by atoms with E-state index in [2.05, 4.69) is 15.5 Å². The van der Waals surface area contributed by atoms with Gasteiger partial charge >= 0.3 is 6.09 Å². The predicted octanol–water partition coefficient (Wildman–Crippen LogP) is 3.94. The van der Waals surface area contributed by atoms with E-state index in [1.165, 1.54) is 6.42 Å². The van der Waals surface area contributed by atoms with E-state index in [1.807, 2.05) is 48.5 Å². The quantitative estimate of drug-likeness (QED) is 0.219. The molecule has 2 heterocycles. The van der Waals surface area contributed by atoms with Crippen molar-refractivity contribution in [3.63, 3.8) is 0 Å². The highest BCUT2D eigenvalue weighted by atomic mass is 16.6. The lowest BCUT2D eigenvalue weighted by Crippen LogP contribution is -2.48. The maximum Gasteiger partial charge on any atom is 0.407 e. The van der Waals surface area contributed by atoms with E-state index >= 15 is 0 Å². The van der Waals surface area contributed by atoms with Crippen LogP contribution in [0.4, 0.5) is 4.79 Å². The van der Waals surface area contributed by atoms with Crippen molar-refractivity contribution < 1.29 is 38.7 Å². The highest BCUT2D eigenvalue weighted by Gasteiger charge is 2.36. The number of nitrogens with zero attached hydrogens (tertiary/aromatic N) is 1. The van der Waals surface area contributed by atoms with Gasteiger partial charge in [-0.05, 0) is 54.0 Å². The Bertz CT molecular complexity index is 1360. The first-order valence-corrected chi connectivity index (χ1v) is 18.7. The van der Waals surface area contributed by atoms with Gasteiger partial charge in [-0.1, -0.05) is 68.5 Å². The monoisotopic (exact) mass is 693 g/mol. The fourth-order valence-electron chi connectivity index (χ4n) is 7.92. The van der Waals surface area contributed by atoms with Crippen molar-refractivity contribution in [1.82, 2.24) is 15.5 Å². The number of ether oxygens (including phenoxy) is 4. The van der Waals surface area contributed by atoms with E-state index in [9.17, 15) is 19.8 Å². The summed E-state index contributed by atoms with van der Waals surface area (Å²) in [4.78, 5) is 29.5. The molecule has 0 aromatic heterocycles. The highest BCUT2D eigenvalue weighted by Crippen LogP contribution is 2.33. The third kappa shape index (κ3) is 10.4. The molecule has 11 heteroatoms. The molecule has 6 rings (SSSR count). The Morgan fingerprint density at radius 1 is 0.960 bits per heavy atom. The molecule has 2 aliphatic carbocycles. The van der Waals surface area contributed by atoms with Crippen LogP contribution in [0.15, 0.2) is 48.5 Å². The largest absolute Gasteiger partial charge is 0.492 e. The number of amides is 2. The lowest BCUT2D eigenvalue weighted by molar-refractivity contribution is -0.127. The molecule has 4 aliphatic rings. The SMILES string of the molecule is O=C(N[C@@H](CC1CCCCC1)[C@@H](O)C[C@@H](Cc1ccc(OCCN2CCOCC2)cc1)C(=O)N[C@H]1c2ccccc2C[C@H]1O)O[C@H]1CCOC1. The van der Waals surface area contributed by atoms with E-state index in [0.29, 0.717) is 51.4 Å². The van der Waals surface area contributed by atoms with E-state index in [4.69, 9.17) is 18.9 Å². The molecule has 2 saturated heterocycles. The normalized spacial score (nSPS) is 24.6. The molecule has 1 saturated carbocycles. The number of rotatable bonds is 15. The van der Waals surface area contributed by atoms with Crippen molar-refractivity contribution in [2.24, 2.45) is 11.8 Å². The van der Waals surface area contributed by atoms with Gasteiger partial charge in [0.2, 0.25) is 5.91 Å². The number of carbonyl (C=O) groups excluding carboxylic acids is 2. The van der Waals surface area contributed by atoms with Gasteiger partial charge < -0.3 is 39.8 Å². The van der Waals surface area contributed by atoms with Gasteiger partial charge in [0.1, 0.15) is 18.5 Å². The Labute approximate surface area is 296 Å². The number of nitrogens with one attached hydrogen (secondary N) is 2. The minimum atomic E-state index is -0.983. The summed E-state index contributed by atoms with van der Waals surface area (Å²) in [6.45, 7) is 5.67. The summed E-state index contributed by atoms with van der Waals surface area (Å²) in [7, 11) is 0. The van der Waals surface area contributed by atoms with Gasteiger partial charge in [0.05, 0.1) is 50.7 Å². The van der Waals surface area contributed by atoms with Crippen LogP contribution in [0.1, 0.15) is 74.1 Å². The van der Waals surface area contributed by atoms with Crippen molar-refractivity contribution in [1.29, 1.82) is 0 Å². The Hall–Kier alpha value is -3.22. The lowest BCUT2D eigenvalue weighted by atomic mass is 9.82. The van der Waals surface area contributed by atoms with Crippen LogP contribution in [-0.2, 0) is 31.8 Å². The van der Waals surface area contributed by atoms with Crippen LogP contribution < -0.4 is 15.4 Å². The molecule has 0 spiro atoms. The number of aliphatic hydroxyl groups excluding tert-OH is 2. The van der Waals surface area contributed by atoms with E-state index in [-0.39, 0.29) is 18.4 Å². The van der Waals surface area contributed by atoms with Crippen molar-refractivity contribution in [2.75, 3.05) is 52.7 Å². The Balaban J connectivity index is 1.14. The molecule has 2 aliphatic heterocycles. The van der Waals surface area contributed by atoms with Crippen LogP contribution >= 0.6 is 0 Å². The maximum absolute atomic E-state index is 14.1. The molecule has 2 amide bonds. The number of hydrogen-bond acceptors (Lipinski definition) is 9. The van der Waals surface area contributed by atoms with Crippen molar-refractivity contribution in [3.8, 4) is 5.75 Å². The third-order valence-electron chi connectivity index (χ3n) is 10.8. The molecule has 6 atom stereocenters. The first kappa shape index (κ1) is 36.6. The van der Waals surface area contributed by atoms with Crippen LogP contribution in [0.3, 0.4) is 0 Å². The summed E-state index contributed by atoms with van der Waals surface area (Å²) in [5.41, 5.74) is 2.87. The summed E-state index contributed by atoms with van der Waals surface area (Å²) in [6, 6.07) is 14.5. The van der Waals surface area contributed by atoms with Crippen molar-refractivity contribution in [2.45, 2.75) is 94.6 Å².